The van der Waals surface area contributed by atoms with Crippen LogP contribution in [0, 0.1) is 0 Å². The highest BCUT2D eigenvalue weighted by atomic mass is 19.3. The monoisotopic (exact) mass is 346 g/mol. The van der Waals surface area contributed by atoms with Gasteiger partial charge < -0.3 is 15.0 Å². The topological polar surface area (TPSA) is 41.6 Å². The molecule has 1 aliphatic rings. The third-order valence-corrected chi connectivity index (χ3v) is 4.14. The zero-order chi connectivity index (χ0) is 17.6. The van der Waals surface area contributed by atoms with Crippen molar-refractivity contribution in [2.75, 3.05) is 23.3 Å². The fourth-order valence-corrected chi connectivity index (χ4v) is 2.91. The average Bonchev–Trinajstić information content (AvgIpc) is 3.11. The lowest BCUT2D eigenvalue weighted by atomic mass is 10.1. The molecule has 4 nitrogen and oxygen atoms in total. The van der Waals surface area contributed by atoms with Crippen molar-refractivity contribution in [2.45, 2.75) is 25.9 Å². The van der Waals surface area contributed by atoms with Crippen LogP contribution in [0.15, 0.2) is 48.5 Å². The van der Waals surface area contributed by atoms with Gasteiger partial charge in [-0.1, -0.05) is 12.1 Å². The lowest BCUT2D eigenvalue weighted by molar-refractivity contribution is -0.115. The molecule has 1 amide bonds. The van der Waals surface area contributed by atoms with Crippen molar-refractivity contribution in [1.82, 2.24) is 0 Å². The first-order chi connectivity index (χ1) is 12.1. The van der Waals surface area contributed by atoms with Gasteiger partial charge in [0.05, 0.1) is 6.42 Å². The third kappa shape index (κ3) is 4.92. The summed E-state index contributed by atoms with van der Waals surface area (Å²) >= 11 is 0. The van der Waals surface area contributed by atoms with E-state index in [0.29, 0.717) is 0 Å². The summed E-state index contributed by atoms with van der Waals surface area (Å²) in [5, 5.41) is 2.85. The van der Waals surface area contributed by atoms with Gasteiger partial charge in [0.1, 0.15) is 5.75 Å². The fraction of sp³-hybridized carbons (Fsp3) is 0.316. The highest BCUT2D eigenvalue weighted by Gasteiger charge is 2.12. The van der Waals surface area contributed by atoms with E-state index in [9.17, 15) is 13.6 Å². The molecule has 1 saturated heterocycles. The molecule has 25 heavy (non-hydrogen) atoms. The average molecular weight is 346 g/mol. The van der Waals surface area contributed by atoms with Gasteiger partial charge in [-0.2, -0.15) is 8.78 Å². The summed E-state index contributed by atoms with van der Waals surface area (Å²) in [4.78, 5) is 14.4. The number of ether oxygens (including phenoxy) is 1. The largest absolute Gasteiger partial charge is 0.435 e. The van der Waals surface area contributed by atoms with Gasteiger partial charge in [-0.25, -0.2) is 0 Å². The second-order valence-corrected chi connectivity index (χ2v) is 5.99. The Morgan fingerprint density at radius 2 is 1.68 bits per heavy atom. The number of hydrogen-bond donors (Lipinski definition) is 1. The van der Waals surface area contributed by atoms with Gasteiger partial charge in [-0.15, -0.1) is 0 Å². The molecule has 132 valence electrons. The van der Waals surface area contributed by atoms with Gasteiger partial charge in [0.25, 0.3) is 0 Å². The number of carbonyl (C=O) groups is 1. The van der Waals surface area contributed by atoms with E-state index in [1.807, 2.05) is 24.3 Å². The molecule has 6 heteroatoms. The van der Waals surface area contributed by atoms with Crippen molar-refractivity contribution in [3.63, 3.8) is 0 Å². The first kappa shape index (κ1) is 17.2. The van der Waals surface area contributed by atoms with Gasteiger partial charge in [0, 0.05) is 24.5 Å². The number of alkyl halides is 2. The molecular formula is C19H20F2N2O2. The first-order valence-electron chi connectivity index (χ1n) is 8.29. The number of anilines is 2. The Hall–Kier alpha value is -2.63. The third-order valence-electron chi connectivity index (χ3n) is 4.14. The van der Waals surface area contributed by atoms with Crippen LogP contribution >= 0.6 is 0 Å². The second-order valence-electron chi connectivity index (χ2n) is 5.99. The van der Waals surface area contributed by atoms with Crippen LogP contribution < -0.4 is 15.0 Å². The van der Waals surface area contributed by atoms with Crippen molar-refractivity contribution < 1.29 is 18.3 Å². The van der Waals surface area contributed by atoms with Gasteiger partial charge in [0.2, 0.25) is 5.91 Å². The Balaban J connectivity index is 1.53. The quantitative estimate of drug-likeness (QED) is 0.857. The van der Waals surface area contributed by atoms with E-state index < -0.39 is 6.61 Å². The van der Waals surface area contributed by atoms with Gasteiger partial charge >= 0.3 is 6.61 Å². The zero-order valence-electron chi connectivity index (χ0n) is 13.8. The molecule has 2 aromatic carbocycles. The number of nitrogens with one attached hydrogen (secondary N) is 1. The Labute approximate surface area is 145 Å². The maximum Gasteiger partial charge on any atom is 0.387 e. The van der Waals surface area contributed by atoms with Gasteiger partial charge in [-0.3, -0.25) is 4.79 Å². The molecule has 3 rings (SSSR count). The lowest BCUT2D eigenvalue weighted by Gasteiger charge is -2.17. The fourth-order valence-electron chi connectivity index (χ4n) is 2.91. The Kier molecular flexibility index (Phi) is 5.48. The Morgan fingerprint density at radius 1 is 1.04 bits per heavy atom. The lowest BCUT2D eigenvalue weighted by Crippen LogP contribution is -2.18. The molecule has 1 fully saturated rings. The van der Waals surface area contributed by atoms with E-state index in [0.717, 1.165) is 24.3 Å². The molecular weight excluding hydrogens is 326 g/mol. The van der Waals surface area contributed by atoms with Crippen LogP contribution in [-0.4, -0.2) is 25.6 Å². The molecule has 0 saturated carbocycles. The number of halogens is 2. The molecule has 0 aliphatic carbocycles. The summed E-state index contributed by atoms with van der Waals surface area (Å²) in [6.07, 6.45) is 2.61. The molecule has 0 bridgehead atoms. The van der Waals surface area contributed by atoms with Crippen LogP contribution in [0.25, 0.3) is 0 Å². The minimum absolute atomic E-state index is 0.0802. The highest BCUT2D eigenvalue weighted by Crippen LogP contribution is 2.22. The van der Waals surface area contributed by atoms with Crippen LogP contribution in [0.4, 0.5) is 20.2 Å². The zero-order valence-corrected chi connectivity index (χ0v) is 13.8. The van der Waals surface area contributed by atoms with E-state index in [1.54, 1.807) is 12.1 Å². The number of benzene rings is 2. The van der Waals surface area contributed by atoms with E-state index in [4.69, 9.17) is 0 Å². The van der Waals surface area contributed by atoms with E-state index >= 15 is 0 Å². The molecule has 1 aliphatic heterocycles. The van der Waals surface area contributed by atoms with Crippen molar-refractivity contribution in [1.29, 1.82) is 0 Å². The smallest absolute Gasteiger partial charge is 0.387 e. The number of rotatable bonds is 6. The number of carbonyl (C=O) groups excluding carboxylic acids is 1. The summed E-state index contributed by atoms with van der Waals surface area (Å²) in [6.45, 7) is -0.689. The molecule has 0 radical (unpaired) electrons. The number of hydrogen-bond acceptors (Lipinski definition) is 3. The molecule has 1 heterocycles. The van der Waals surface area contributed by atoms with E-state index in [-0.39, 0.29) is 18.1 Å². The second kappa shape index (κ2) is 7.96. The Morgan fingerprint density at radius 3 is 2.28 bits per heavy atom. The highest BCUT2D eigenvalue weighted by molar-refractivity contribution is 5.92. The molecule has 1 N–H and O–H groups in total. The minimum Gasteiger partial charge on any atom is -0.435 e. The Bertz CT molecular complexity index is 696. The van der Waals surface area contributed by atoms with Crippen molar-refractivity contribution in [2.24, 2.45) is 0 Å². The van der Waals surface area contributed by atoms with E-state index in [2.05, 4.69) is 15.0 Å². The maximum absolute atomic E-state index is 12.1. The molecule has 2 aromatic rings. The van der Waals surface area contributed by atoms with Crippen molar-refractivity contribution in [3.05, 3.63) is 54.1 Å². The molecule has 0 aromatic heterocycles. The SMILES string of the molecule is O=C(Cc1ccc(OC(F)F)cc1)Nc1ccc(N2CCCC2)cc1. The van der Waals surface area contributed by atoms with Crippen LogP contribution in [-0.2, 0) is 11.2 Å². The van der Waals surface area contributed by atoms with Gasteiger partial charge in [0.15, 0.2) is 0 Å². The molecule has 0 spiro atoms. The number of amides is 1. The van der Waals surface area contributed by atoms with Gasteiger partial charge in [-0.05, 0) is 54.8 Å². The normalized spacial score (nSPS) is 14.0. The first-order valence-corrected chi connectivity index (χ1v) is 8.29. The summed E-state index contributed by atoms with van der Waals surface area (Å²) in [5.74, 6) is -0.0758. The van der Waals surface area contributed by atoms with Crippen LogP contribution in [0.1, 0.15) is 18.4 Å². The minimum atomic E-state index is -2.85. The summed E-state index contributed by atoms with van der Waals surface area (Å²) < 4.78 is 28.5. The molecule has 0 unspecified atom stereocenters. The molecule has 0 atom stereocenters. The maximum atomic E-state index is 12.1. The summed E-state index contributed by atoms with van der Waals surface area (Å²) in [6, 6.07) is 13.9. The van der Waals surface area contributed by atoms with Crippen LogP contribution in [0.2, 0.25) is 0 Å². The van der Waals surface area contributed by atoms with Crippen LogP contribution in [0.5, 0.6) is 5.75 Å². The number of nitrogens with zero attached hydrogens (tertiary/aromatic N) is 1. The van der Waals surface area contributed by atoms with E-state index in [1.165, 1.54) is 30.7 Å². The van der Waals surface area contributed by atoms with Crippen LogP contribution in [0.3, 0.4) is 0 Å². The predicted molar refractivity (Wildman–Crippen MR) is 93.3 cm³/mol. The van der Waals surface area contributed by atoms with Crippen molar-refractivity contribution >= 4 is 17.3 Å². The predicted octanol–water partition coefficient (Wildman–Crippen LogP) is 4.07. The summed E-state index contributed by atoms with van der Waals surface area (Å²) in [5.41, 5.74) is 2.64. The van der Waals surface area contributed by atoms with Crippen molar-refractivity contribution in [3.8, 4) is 5.75 Å². The summed E-state index contributed by atoms with van der Waals surface area (Å²) in [7, 11) is 0. The standard InChI is InChI=1S/C19H20F2N2O2/c20-19(21)25-17-9-3-14(4-10-17)13-18(24)22-15-5-7-16(8-6-15)23-11-1-2-12-23/h3-10,19H,1-2,11-13H2,(H,22,24).